The van der Waals surface area contributed by atoms with Gasteiger partial charge in [-0.1, -0.05) is 12.8 Å². The van der Waals surface area contributed by atoms with E-state index in [2.05, 4.69) is 15.9 Å². The minimum absolute atomic E-state index is 0.517. The zero-order valence-electron chi connectivity index (χ0n) is 6.85. The van der Waals surface area contributed by atoms with E-state index in [9.17, 15) is 0 Å². The Bertz CT molecular complexity index is 276. The molecule has 1 aromatic rings. The Morgan fingerprint density at radius 3 is 2.58 bits per heavy atom. The van der Waals surface area contributed by atoms with Gasteiger partial charge in [0, 0.05) is 12.0 Å². The molecule has 1 fully saturated rings. The summed E-state index contributed by atoms with van der Waals surface area (Å²) in [5.41, 5.74) is 5.55. The predicted octanol–water partition coefficient (Wildman–Crippen LogP) is 3.28. The molecule has 66 valence electrons. The van der Waals surface area contributed by atoms with E-state index in [1.54, 1.807) is 0 Å². The molecule has 0 spiro atoms. The van der Waals surface area contributed by atoms with Crippen LogP contribution in [0.4, 0.5) is 5.88 Å². The largest absolute Gasteiger partial charge is 0.444 e. The lowest BCUT2D eigenvalue weighted by Crippen LogP contribution is -1.89. The Kier molecular flexibility index (Phi) is 2.13. The van der Waals surface area contributed by atoms with Crippen molar-refractivity contribution in [2.45, 2.75) is 31.6 Å². The Hall–Kier alpha value is -0.440. The Balaban J connectivity index is 2.25. The molecule has 3 heteroatoms. The first-order chi connectivity index (χ1) is 5.77. The molecular formula is C9H12BrNO. The van der Waals surface area contributed by atoms with E-state index >= 15 is 0 Å². The first kappa shape index (κ1) is 8.17. The van der Waals surface area contributed by atoms with Crippen LogP contribution in [-0.4, -0.2) is 0 Å². The molecule has 12 heavy (non-hydrogen) atoms. The van der Waals surface area contributed by atoms with Crippen molar-refractivity contribution in [1.29, 1.82) is 0 Å². The summed E-state index contributed by atoms with van der Waals surface area (Å²) in [6, 6.07) is 1.84. The molecule has 0 unspecified atom stereocenters. The van der Waals surface area contributed by atoms with E-state index in [0.717, 1.165) is 10.2 Å². The van der Waals surface area contributed by atoms with Gasteiger partial charge in [0.25, 0.3) is 0 Å². The summed E-state index contributed by atoms with van der Waals surface area (Å²) in [5, 5.41) is 0. The van der Waals surface area contributed by atoms with Crippen molar-refractivity contribution >= 4 is 21.8 Å². The number of nitrogen functional groups attached to an aromatic ring is 1. The summed E-state index contributed by atoms with van der Waals surface area (Å²) in [6.45, 7) is 0. The third-order valence-corrected chi connectivity index (χ3v) is 3.08. The van der Waals surface area contributed by atoms with Crippen LogP contribution in [0.2, 0.25) is 0 Å². The highest BCUT2D eigenvalue weighted by molar-refractivity contribution is 9.10. The minimum atomic E-state index is 0.517. The maximum Gasteiger partial charge on any atom is 0.191 e. The van der Waals surface area contributed by atoms with Crippen molar-refractivity contribution in [1.82, 2.24) is 0 Å². The van der Waals surface area contributed by atoms with Gasteiger partial charge in [0.05, 0.1) is 4.47 Å². The van der Waals surface area contributed by atoms with Crippen LogP contribution in [0, 0.1) is 0 Å². The predicted molar refractivity (Wildman–Crippen MR) is 52.0 cm³/mol. The van der Waals surface area contributed by atoms with Crippen molar-refractivity contribution in [3.63, 3.8) is 0 Å². The number of nitrogens with two attached hydrogens (primary N) is 1. The fourth-order valence-electron chi connectivity index (χ4n) is 1.87. The van der Waals surface area contributed by atoms with E-state index in [-0.39, 0.29) is 0 Å². The molecule has 0 atom stereocenters. The second kappa shape index (κ2) is 3.13. The zero-order chi connectivity index (χ0) is 8.55. The normalized spacial score (nSPS) is 18.8. The van der Waals surface area contributed by atoms with Gasteiger partial charge >= 0.3 is 0 Å². The van der Waals surface area contributed by atoms with Crippen molar-refractivity contribution < 1.29 is 4.42 Å². The molecule has 2 N–H and O–H groups in total. The molecule has 0 amide bonds. The van der Waals surface area contributed by atoms with Crippen molar-refractivity contribution in [2.24, 2.45) is 0 Å². The molecule has 1 aliphatic rings. The molecule has 0 aromatic carbocycles. The topological polar surface area (TPSA) is 39.2 Å². The number of halogens is 1. The van der Waals surface area contributed by atoms with Gasteiger partial charge in [-0.3, -0.25) is 0 Å². The minimum Gasteiger partial charge on any atom is -0.444 e. The highest BCUT2D eigenvalue weighted by Gasteiger charge is 2.22. The number of rotatable bonds is 1. The van der Waals surface area contributed by atoms with E-state index < -0.39 is 0 Å². The first-order valence-electron chi connectivity index (χ1n) is 4.32. The van der Waals surface area contributed by atoms with Crippen LogP contribution in [0.3, 0.4) is 0 Å². The maximum absolute atomic E-state index is 5.55. The van der Waals surface area contributed by atoms with Gasteiger partial charge in [-0.15, -0.1) is 0 Å². The molecule has 2 nitrogen and oxygen atoms in total. The third-order valence-electron chi connectivity index (χ3n) is 2.46. The monoisotopic (exact) mass is 229 g/mol. The average molecular weight is 230 g/mol. The summed E-state index contributed by atoms with van der Waals surface area (Å²) in [6.07, 6.45) is 5.12. The van der Waals surface area contributed by atoms with Crippen LogP contribution in [0.15, 0.2) is 15.0 Å². The number of furan rings is 1. The summed E-state index contributed by atoms with van der Waals surface area (Å²) < 4.78 is 6.46. The molecular weight excluding hydrogens is 218 g/mol. The summed E-state index contributed by atoms with van der Waals surface area (Å²) in [4.78, 5) is 0. The van der Waals surface area contributed by atoms with E-state index in [1.807, 2.05) is 6.07 Å². The molecule has 1 heterocycles. The van der Waals surface area contributed by atoms with Gasteiger partial charge in [0.15, 0.2) is 5.88 Å². The van der Waals surface area contributed by atoms with Gasteiger partial charge in [-0.2, -0.15) is 0 Å². The standard InChI is InChI=1S/C9H12BrNO/c10-7-5-8(11)12-9(7)6-3-1-2-4-6/h5-6H,1-4,11H2. The van der Waals surface area contributed by atoms with Crippen LogP contribution in [0.1, 0.15) is 37.4 Å². The lowest BCUT2D eigenvalue weighted by molar-refractivity contribution is 0.475. The van der Waals surface area contributed by atoms with E-state index in [0.29, 0.717) is 11.8 Å². The van der Waals surface area contributed by atoms with Crippen LogP contribution in [0.5, 0.6) is 0 Å². The van der Waals surface area contributed by atoms with Gasteiger partial charge in [0.1, 0.15) is 5.76 Å². The van der Waals surface area contributed by atoms with Crippen molar-refractivity contribution in [3.05, 3.63) is 16.3 Å². The Morgan fingerprint density at radius 2 is 2.08 bits per heavy atom. The smallest absolute Gasteiger partial charge is 0.191 e. The van der Waals surface area contributed by atoms with Gasteiger partial charge in [-0.05, 0) is 28.8 Å². The molecule has 2 rings (SSSR count). The van der Waals surface area contributed by atoms with E-state index in [4.69, 9.17) is 10.2 Å². The highest BCUT2D eigenvalue weighted by Crippen LogP contribution is 2.39. The second-order valence-electron chi connectivity index (χ2n) is 3.34. The fraction of sp³-hybridized carbons (Fsp3) is 0.556. The zero-order valence-corrected chi connectivity index (χ0v) is 8.43. The molecule has 1 saturated carbocycles. The maximum atomic E-state index is 5.55. The van der Waals surface area contributed by atoms with Crippen LogP contribution < -0.4 is 5.73 Å². The SMILES string of the molecule is Nc1cc(Br)c(C2CCCC2)o1. The van der Waals surface area contributed by atoms with Gasteiger partial charge in [-0.25, -0.2) is 0 Å². The van der Waals surface area contributed by atoms with Crippen LogP contribution in [-0.2, 0) is 0 Å². The molecule has 0 aliphatic heterocycles. The second-order valence-corrected chi connectivity index (χ2v) is 4.20. The first-order valence-corrected chi connectivity index (χ1v) is 5.11. The Morgan fingerprint density at radius 1 is 1.42 bits per heavy atom. The quantitative estimate of drug-likeness (QED) is 0.803. The number of hydrogen-bond donors (Lipinski definition) is 1. The van der Waals surface area contributed by atoms with Crippen LogP contribution in [0.25, 0.3) is 0 Å². The highest BCUT2D eigenvalue weighted by atomic mass is 79.9. The summed E-state index contributed by atoms with van der Waals surface area (Å²) >= 11 is 3.45. The van der Waals surface area contributed by atoms with Gasteiger partial charge < -0.3 is 10.2 Å². The lowest BCUT2D eigenvalue weighted by Gasteiger charge is -2.04. The molecule has 0 saturated heterocycles. The molecule has 1 aromatic heterocycles. The lowest BCUT2D eigenvalue weighted by atomic mass is 10.1. The van der Waals surface area contributed by atoms with Crippen molar-refractivity contribution in [2.75, 3.05) is 5.73 Å². The average Bonchev–Trinajstić information content (AvgIpc) is 2.58. The molecule has 1 aliphatic carbocycles. The number of hydrogen-bond acceptors (Lipinski definition) is 2. The summed E-state index contributed by atoms with van der Waals surface area (Å²) in [5.74, 6) is 2.16. The third kappa shape index (κ3) is 1.38. The van der Waals surface area contributed by atoms with Crippen molar-refractivity contribution in [3.8, 4) is 0 Å². The van der Waals surface area contributed by atoms with Gasteiger partial charge in [0.2, 0.25) is 0 Å². The van der Waals surface area contributed by atoms with Crippen LogP contribution >= 0.6 is 15.9 Å². The Labute approximate surface area is 80.3 Å². The summed E-state index contributed by atoms with van der Waals surface area (Å²) in [7, 11) is 0. The molecule has 0 radical (unpaired) electrons. The van der Waals surface area contributed by atoms with E-state index in [1.165, 1.54) is 25.7 Å². The number of anilines is 1. The fourth-order valence-corrected chi connectivity index (χ4v) is 2.50. The molecule has 0 bridgehead atoms.